The number of hydrogen-bond donors (Lipinski definition) is 0. The van der Waals surface area contributed by atoms with Gasteiger partial charge in [-0.3, -0.25) is 9.59 Å². The van der Waals surface area contributed by atoms with Gasteiger partial charge in [0.05, 0.1) is 12.3 Å². The maximum atomic E-state index is 11.3. The van der Waals surface area contributed by atoms with Crippen LogP contribution in [0.3, 0.4) is 0 Å². The van der Waals surface area contributed by atoms with E-state index in [1.54, 1.807) is 18.2 Å². The minimum Gasteiger partial charge on any atom is -0.393 e. The van der Waals surface area contributed by atoms with Gasteiger partial charge in [0.2, 0.25) is 0 Å². The van der Waals surface area contributed by atoms with E-state index in [0.717, 1.165) is 4.47 Å². The highest BCUT2D eigenvalue weighted by Crippen LogP contribution is 2.34. The van der Waals surface area contributed by atoms with E-state index in [2.05, 4.69) is 20.7 Å². The Hall–Kier alpha value is -0.870. The second-order valence-electron chi connectivity index (χ2n) is 3.22. The van der Waals surface area contributed by atoms with Crippen LogP contribution in [0.1, 0.15) is 17.9 Å². The van der Waals surface area contributed by atoms with Crippen molar-refractivity contribution in [1.29, 1.82) is 0 Å². The van der Waals surface area contributed by atoms with E-state index in [1.165, 1.54) is 0 Å². The Bertz CT molecular complexity index is 444. The van der Waals surface area contributed by atoms with Crippen molar-refractivity contribution >= 4 is 39.5 Å². The van der Waals surface area contributed by atoms with Crippen LogP contribution in [0.15, 0.2) is 22.7 Å². The number of carbonyl (C=O) groups excluding carboxylic acids is 2. The van der Waals surface area contributed by atoms with Crippen LogP contribution in [0.25, 0.3) is 0 Å². The molecule has 1 heterocycles. The summed E-state index contributed by atoms with van der Waals surface area (Å²) in [5.41, 5.74) is 0.627. The molecular formula is C10H6BrClO3. The summed E-state index contributed by atoms with van der Waals surface area (Å²) < 4.78 is 5.29. The molecule has 0 aliphatic carbocycles. The normalized spacial score (nSPS) is 20.5. The minimum atomic E-state index is -0.567. The highest BCUT2D eigenvalue weighted by Gasteiger charge is 2.35. The second-order valence-corrected chi connectivity index (χ2v) is 4.54. The predicted molar refractivity (Wildman–Crippen MR) is 57.6 cm³/mol. The molecule has 1 aliphatic heterocycles. The molecule has 1 atom stereocenters. The van der Waals surface area contributed by atoms with Crippen LogP contribution in [-0.4, -0.2) is 11.9 Å². The number of esters is 2. The Morgan fingerprint density at radius 1 is 1.40 bits per heavy atom. The van der Waals surface area contributed by atoms with E-state index in [-0.39, 0.29) is 6.42 Å². The average Bonchev–Trinajstić information content (AvgIpc) is 2.50. The van der Waals surface area contributed by atoms with Gasteiger partial charge in [-0.1, -0.05) is 27.5 Å². The summed E-state index contributed by atoms with van der Waals surface area (Å²) in [6.07, 6.45) is 0.0645. The van der Waals surface area contributed by atoms with Crippen molar-refractivity contribution in [3.05, 3.63) is 33.3 Å². The fourth-order valence-corrected chi connectivity index (χ4v) is 2.12. The van der Waals surface area contributed by atoms with Gasteiger partial charge < -0.3 is 4.74 Å². The SMILES string of the molecule is O=C1CC(c2cc(Br)ccc2Cl)C(=O)O1. The van der Waals surface area contributed by atoms with Gasteiger partial charge in [-0.15, -0.1) is 0 Å². The quantitative estimate of drug-likeness (QED) is 0.590. The van der Waals surface area contributed by atoms with Crippen molar-refractivity contribution in [2.24, 2.45) is 0 Å². The third-order valence-electron chi connectivity index (χ3n) is 2.20. The topological polar surface area (TPSA) is 43.4 Å². The lowest BCUT2D eigenvalue weighted by molar-refractivity contribution is -0.152. The fourth-order valence-electron chi connectivity index (χ4n) is 1.49. The maximum Gasteiger partial charge on any atom is 0.321 e. The van der Waals surface area contributed by atoms with E-state index < -0.39 is 17.9 Å². The van der Waals surface area contributed by atoms with Gasteiger partial charge in [0.25, 0.3) is 0 Å². The molecule has 3 nitrogen and oxygen atoms in total. The first-order valence-corrected chi connectivity index (χ1v) is 5.44. The third kappa shape index (κ3) is 2.06. The summed E-state index contributed by atoms with van der Waals surface area (Å²) in [4.78, 5) is 22.3. The van der Waals surface area contributed by atoms with E-state index in [9.17, 15) is 9.59 Å². The summed E-state index contributed by atoms with van der Waals surface area (Å²) in [5.74, 6) is -1.59. The van der Waals surface area contributed by atoms with E-state index in [0.29, 0.717) is 10.6 Å². The first kappa shape index (κ1) is 10.6. The third-order valence-corrected chi connectivity index (χ3v) is 3.04. The number of benzene rings is 1. The molecule has 0 amide bonds. The average molecular weight is 290 g/mol. The number of halogens is 2. The van der Waals surface area contributed by atoms with Gasteiger partial charge in [-0.2, -0.15) is 0 Å². The smallest absolute Gasteiger partial charge is 0.321 e. The molecule has 1 aromatic carbocycles. The summed E-state index contributed by atoms with van der Waals surface area (Å²) in [5, 5.41) is 0.467. The molecule has 78 valence electrons. The standard InChI is InChI=1S/C10H6BrClO3/c11-5-1-2-8(12)6(3-5)7-4-9(13)15-10(7)14/h1-3,7H,4H2. The minimum absolute atomic E-state index is 0.0645. The molecule has 1 saturated heterocycles. The number of carbonyl (C=O) groups is 2. The first-order valence-electron chi connectivity index (χ1n) is 4.27. The zero-order valence-electron chi connectivity index (χ0n) is 7.50. The number of rotatable bonds is 1. The maximum absolute atomic E-state index is 11.3. The molecule has 5 heteroatoms. The Labute approximate surface area is 99.5 Å². The predicted octanol–water partition coefficient (Wildman–Crippen LogP) is 2.66. The van der Waals surface area contributed by atoms with Gasteiger partial charge in [-0.05, 0) is 23.8 Å². The van der Waals surface area contributed by atoms with Crippen LogP contribution in [0.5, 0.6) is 0 Å². The number of ether oxygens (including phenoxy) is 1. The van der Waals surface area contributed by atoms with Gasteiger partial charge in [0.15, 0.2) is 0 Å². The molecule has 0 bridgehead atoms. The van der Waals surface area contributed by atoms with Crippen LogP contribution in [0, 0.1) is 0 Å². The zero-order chi connectivity index (χ0) is 11.0. The molecule has 2 rings (SSSR count). The summed E-state index contributed by atoms with van der Waals surface area (Å²) in [6.45, 7) is 0. The summed E-state index contributed by atoms with van der Waals surface area (Å²) >= 11 is 9.23. The lowest BCUT2D eigenvalue weighted by Crippen LogP contribution is -2.06. The molecule has 1 fully saturated rings. The van der Waals surface area contributed by atoms with Crippen LogP contribution in [0.4, 0.5) is 0 Å². The Kier molecular flexibility index (Phi) is 2.80. The fraction of sp³-hybridized carbons (Fsp3) is 0.200. The van der Waals surface area contributed by atoms with Crippen LogP contribution >= 0.6 is 27.5 Å². The molecule has 0 radical (unpaired) electrons. The van der Waals surface area contributed by atoms with Crippen LogP contribution in [0.2, 0.25) is 5.02 Å². The van der Waals surface area contributed by atoms with E-state index >= 15 is 0 Å². The molecule has 1 aliphatic rings. The lowest BCUT2D eigenvalue weighted by atomic mass is 9.98. The Morgan fingerprint density at radius 2 is 2.13 bits per heavy atom. The van der Waals surface area contributed by atoms with Gasteiger partial charge in [0, 0.05) is 9.50 Å². The molecule has 0 saturated carbocycles. The van der Waals surface area contributed by atoms with Crippen LogP contribution in [-0.2, 0) is 14.3 Å². The molecular weight excluding hydrogens is 283 g/mol. The van der Waals surface area contributed by atoms with Crippen molar-refractivity contribution in [3.63, 3.8) is 0 Å². The van der Waals surface area contributed by atoms with Crippen molar-refractivity contribution in [2.45, 2.75) is 12.3 Å². The molecule has 0 aromatic heterocycles. The highest BCUT2D eigenvalue weighted by atomic mass is 79.9. The highest BCUT2D eigenvalue weighted by molar-refractivity contribution is 9.10. The van der Waals surface area contributed by atoms with Crippen molar-refractivity contribution in [2.75, 3.05) is 0 Å². The summed E-state index contributed by atoms with van der Waals surface area (Å²) in [7, 11) is 0. The monoisotopic (exact) mass is 288 g/mol. The zero-order valence-corrected chi connectivity index (χ0v) is 9.84. The number of hydrogen-bond acceptors (Lipinski definition) is 3. The first-order chi connectivity index (χ1) is 7.08. The van der Waals surface area contributed by atoms with Gasteiger partial charge in [0.1, 0.15) is 0 Å². The van der Waals surface area contributed by atoms with Gasteiger partial charge in [-0.25, -0.2) is 0 Å². The molecule has 1 aromatic rings. The largest absolute Gasteiger partial charge is 0.393 e. The van der Waals surface area contributed by atoms with Crippen LogP contribution < -0.4 is 0 Å². The summed E-state index contributed by atoms with van der Waals surface area (Å²) in [6, 6.07) is 5.18. The van der Waals surface area contributed by atoms with E-state index in [4.69, 9.17) is 11.6 Å². The molecule has 0 N–H and O–H groups in total. The Balaban J connectivity index is 2.41. The second kappa shape index (κ2) is 3.94. The molecule has 15 heavy (non-hydrogen) atoms. The van der Waals surface area contributed by atoms with Gasteiger partial charge >= 0.3 is 11.9 Å². The Morgan fingerprint density at radius 3 is 2.73 bits per heavy atom. The van der Waals surface area contributed by atoms with E-state index in [1.807, 2.05) is 0 Å². The molecule has 0 spiro atoms. The van der Waals surface area contributed by atoms with Crippen molar-refractivity contribution in [3.8, 4) is 0 Å². The number of cyclic esters (lactones) is 2. The van der Waals surface area contributed by atoms with Crippen molar-refractivity contribution < 1.29 is 14.3 Å². The van der Waals surface area contributed by atoms with Crippen molar-refractivity contribution in [1.82, 2.24) is 0 Å². The lowest BCUT2D eigenvalue weighted by Gasteiger charge is -2.07. The molecule has 1 unspecified atom stereocenters.